The van der Waals surface area contributed by atoms with Gasteiger partial charge in [0.05, 0.1) is 0 Å². The topological polar surface area (TPSA) is 9.23 Å². The van der Waals surface area contributed by atoms with E-state index in [0.717, 1.165) is 17.9 Å². The lowest BCUT2D eigenvalue weighted by atomic mass is 9.94. The van der Waals surface area contributed by atoms with Crippen molar-refractivity contribution in [3.63, 3.8) is 0 Å². The zero-order chi connectivity index (χ0) is 19.8. The Morgan fingerprint density at radius 2 is 1.24 bits per heavy atom. The second-order valence-electron chi connectivity index (χ2n) is 7.52. The van der Waals surface area contributed by atoms with Crippen LogP contribution < -0.4 is 20.7 Å². The minimum Gasteiger partial charge on any atom is -0.457 e. The Morgan fingerprint density at radius 1 is 0.655 bits per heavy atom. The van der Waals surface area contributed by atoms with Crippen molar-refractivity contribution in [2.24, 2.45) is 0 Å². The van der Waals surface area contributed by atoms with E-state index in [9.17, 15) is 0 Å². The Balaban J connectivity index is 1.70. The van der Waals surface area contributed by atoms with Crippen LogP contribution in [-0.4, -0.2) is 0 Å². The summed E-state index contributed by atoms with van der Waals surface area (Å²) >= 11 is 0. The van der Waals surface area contributed by atoms with Gasteiger partial charge in [-0.2, -0.15) is 0 Å². The summed E-state index contributed by atoms with van der Waals surface area (Å²) in [6, 6.07) is 32.4. The largest absolute Gasteiger partial charge is 0.457 e. The Morgan fingerprint density at radius 3 is 1.90 bits per heavy atom. The van der Waals surface area contributed by atoms with Crippen LogP contribution in [0.2, 0.25) is 0 Å². The number of para-hydroxylation sites is 1. The molecule has 1 nitrogen and oxygen atoms in total. The van der Waals surface area contributed by atoms with Crippen molar-refractivity contribution < 1.29 is 4.74 Å². The summed E-state index contributed by atoms with van der Waals surface area (Å²) in [4.78, 5) is 0. The van der Waals surface area contributed by atoms with Crippen LogP contribution in [0.5, 0.6) is 11.5 Å². The maximum atomic E-state index is 6.39. The molecule has 1 aliphatic heterocycles. The molecule has 29 heavy (non-hydrogen) atoms. The molecular formula is C27H23OP. The first-order valence-electron chi connectivity index (χ1n) is 10.0. The number of rotatable bonds is 3. The molecule has 0 aliphatic carbocycles. The van der Waals surface area contributed by atoms with E-state index in [4.69, 9.17) is 4.74 Å². The van der Waals surface area contributed by atoms with Gasteiger partial charge in [0.15, 0.2) is 0 Å². The van der Waals surface area contributed by atoms with Crippen molar-refractivity contribution >= 4 is 23.8 Å². The van der Waals surface area contributed by atoms with Gasteiger partial charge < -0.3 is 4.74 Å². The fourth-order valence-corrected chi connectivity index (χ4v) is 6.65. The summed E-state index contributed by atoms with van der Waals surface area (Å²) in [6.07, 6.45) is 0.938. The lowest BCUT2D eigenvalue weighted by Crippen LogP contribution is -2.24. The highest BCUT2D eigenvalue weighted by atomic mass is 31.1. The Labute approximate surface area is 173 Å². The van der Waals surface area contributed by atoms with E-state index >= 15 is 0 Å². The summed E-state index contributed by atoms with van der Waals surface area (Å²) in [5.41, 5.74) is 5.32. The highest BCUT2D eigenvalue weighted by Gasteiger charge is 2.25. The molecule has 0 saturated carbocycles. The number of fused-ring (bicyclic) bond motifs is 2. The van der Waals surface area contributed by atoms with Crippen molar-refractivity contribution in [1.29, 1.82) is 0 Å². The van der Waals surface area contributed by atoms with Crippen LogP contribution in [0.25, 0.3) is 0 Å². The van der Waals surface area contributed by atoms with Gasteiger partial charge in [-0.05, 0) is 66.5 Å². The quantitative estimate of drug-likeness (QED) is 0.354. The molecule has 1 heterocycles. The average molecular weight is 394 g/mol. The van der Waals surface area contributed by atoms with Crippen molar-refractivity contribution in [2.75, 3.05) is 0 Å². The average Bonchev–Trinajstić information content (AvgIpc) is 2.78. The third kappa shape index (κ3) is 3.26. The molecule has 0 bridgehead atoms. The monoisotopic (exact) mass is 394 g/mol. The van der Waals surface area contributed by atoms with Crippen molar-refractivity contribution in [1.82, 2.24) is 0 Å². The summed E-state index contributed by atoms with van der Waals surface area (Å²) in [5.74, 6) is 2.00. The second-order valence-corrected chi connectivity index (χ2v) is 9.70. The van der Waals surface area contributed by atoms with Gasteiger partial charge in [-0.3, -0.25) is 0 Å². The van der Waals surface area contributed by atoms with Gasteiger partial charge in [-0.1, -0.05) is 78.9 Å². The van der Waals surface area contributed by atoms with Crippen LogP contribution in [0, 0.1) is 13.8 Å². The molecule has 1 aliphatic rings. The Hall–Kier alpha value is -2.89. The summed E-state index contributed by atoms with van der Waals surface area (Å²) in [7, 11) is -0.646. The summed E-state index contributed by atoms with van der Waals surface area (Å²) in [5, 5.41) is 4.12. The van der Waals surface area contributed by atoms with Gasteiger partial charge in [-0.25, -0.2) is 0 Å². The van der Waals surface area contributed by atoms with Crippen LogP contribution >= 0.6 is 7.92 Å². The molecule has 0 saturated heterocycles. The highest BCUT2D eigenvalue weighted by Crippen LogP contribution is 2.42. The van der Waals surface area contributed by atoms with E-state index < -0.39 is 7.92 Å². The van der Waals surface area contributed by atoms with Gasteiger partial charge in [0.1, 0.15) is 11.5 Å². The lowest BCUT2D eigenvalue weighted by molar-refractivity contribution is 0.459. The van der Waals surface area contributed by atoms with Crippen LogP contribution in [0.4, 0.5) is 0 Å². The van der Waals surface area contributed by atoms with Gasteiger partial charge in [0.25, 0.3) is 0 Å². The highest BCUT2D eigenvalue weighted by molar-refractivity contribution is 7.79. The molecule has 0 unspecified atom stereocenters. The summed E-state index contributed by atoms with van der Waals surface area (Å²) in [6.45, 7) is 4.52. The number of hydrogen-bond acceptors (Lipinski definition) is 1. The zero-order valence-corrected chi connectivity index (χ0v) is 17.6. The standard InChI is InChI=1S/C27H23OP/c1-19-20(2)27(18-26-24(19)17-21-11-9-10-16-25(21)28-26)29(22-12-5-3-6-13-22)23-14-7-4-8-15-23/h3-16,18H,17H2,1-2H3. The summed E-state index contributed by atoms with van der Waals surface area (Å²) < 4.78 is 6.39. The molecule has 4 aromatic carbocycles. The molecule has 4 aromatic rings. The molecule has 2 heteroatoms. The molecular weight excluding hydrogens is 371 g/mol. The van der Waals surface area contributed by atoms with Crippen molar-refractivity contribution in [3.05, 3.63) is 113 Å². The van der Waals surface area contributed by atoms with Gasteiger partial charge >= 0.3 is 0 Å². The lowest BCUT2D eigenvalue weighted by Gasteiger charge is -2.28. The molecule has 142 valence electrons. The SMILES string of the molecule is Cc1c(P(c2ccccc2)c2ccccc2)cc2c(c1C)Cc1ccccc1O2. The second kappa shape index (κ2) is 7.50. The molecule has 0 fully saturated rings. The fourth-order valence-electron chi connectivity index (χ4n) is 4.11. The van der Waals surface area contributed by atoms with Crippen molar-refractivity contribution in [2.45, 2.75) is 20.3 Å². The first kappa shape index (κ1) is 18.2. The zero-order valence-electron chi connectivity index (χ0n) is 16.7. The normalized spacial score (nSPS) is 12.2. The van der Waals surface area contributed by atoms with Crippen LogP contribution in [0.1, 0.15) is 22.3 Å². The molecule has 0 spiro atoms. The van der Waals surface area contributed by atoms with Gasteiger partial charge in [0.2, 0.25) is 0 Å². The predicted molar refractivity (Wildman–Crippen MR) is 124 cm³/mol. The molecule has 0 amide bonds. The third-order valence-corrected chi connectivity index (χ3v) is 8.37. The number of ether oxygens (including phenoxy) is 1. The fraction of sp³-hybridized carbons (Fsp3) is 0.111. The van der Waals surface area contributed by atoms with E-state index in [2.05, 4.69) is 98.8 Å². The Kier molecular flexibility index (Phi) is 4.70. The predicted octanol–water partition coefficient (Wildman–Crippen LogP) is 5.76. The first-order valence-corrected chi connectivity index (χ1v) is 11.4. The molecule has 0 radical (unpaired) electrons. The van der Waals surface area contributed by atoms with Crippen molar-refractivity contribution in [3.8, 4) is 11.5 Å². The van der Waals surface area contributed by atoms with E-state index in [0.29, 0.717) is 0 Å². The number of benzene rings is 4. The van der Waals surface area contributed by atoms with E-state index in [1.165, 1.54) is 38.2 Å². The Bertz CT molecular complexity index is 1130. The van der Waals surface area contributed by atoms with Crippen LogP contribution in [0.15, 0.2) is 91.0 Å². The van der Waals surface area contributed by atoms with Gasteiger partial charge in [0, 0.05) is 12.0 Å². The van der Waals surface area contributed by atoms with E-state index in [1.54, 1.807) is 0 Å². The minimum atomic E-state index is -0.646. The van der Waals surface area contributed by atoms with Crippen LogP contribution in [0.3, 0.4) is 0 Å². The number of hydrogen-bond donors (Lipinski definition) is 0. The maximum Gasteiger partial charge on any atom is 0.131 e. The third-order valence-electron chi connectivity index (χ3n) is 5.79. The molecule has 0 N–H and O–H groups in total. The van der Waals surface area contributed by atoms with E-state index in [-0.39, 0.29) is 0 Å². The maximum absolute atomic E-state index is 6.39. The molecule has 0 aromatic heterocycles. The first-order chi connectivity index (χ1) is 14.2. The molecule has 5 rings (SSSR count). The van der Waals surface area contributed by atoms with Gasteiger partial charge in [-0.15, -0.1) is 0 Å². The minimum absolute atomic E-state index is 0.646. The van der Waals surface area contributed by atoms with E-state index in [1.807, 2.05) is 6.07 Å². The molecule has 0 atom stereocenters. The van der Waals surface area contributed by atoms with Crippen LogP contribution in [-0.2, 0) is 6.42 Å². The smallest absolute Gasteiger partial charge is 0.131 e.